The maximum Gasteiger partial charge on any atom is 0.246 e. The van der Waals surface area contributed by atoms with Crippen LogP contribution in [-0.2, 0) is 11.8 Å². The molecule has 11 nitrogen and oxygen atoms in total. The molecule has 1 saturated carbocycles. The summed E-state index contributed by atoms with van der Waals surface area (Å²) in [6.45, 7) is 7.25. The Balaban J connectivity index is 1.14. The van der Waals surface area contributed by atoms with Crippen LogP contribution in [0, 0.1) is 12.7 Å². The van der Waals surface area contributed by atoms with Crippen molar-refractivity contribution >= 4 is 45.4 Å². The number of nitrogens with zero attached hydrogens (tertiary/aromatic N) is 8. The van der Waals surface area contributed by atoms with Crippen molar-refractivity contribution in [3.63, 3.8) is 0 Å². The Morgan fingerprint density at radius 1 is 1.12 bits per heavy atom. The van der Waals surface area contributed by atoms with Gasteiger partial charge in [0, 0.05) is 38.3 Å². The number of carbonyl (C=O) groups is 1. The van der Waals surface area contributed by atoms with Gasteiger partial charge in [-0.25, -0.2) is 29.3 Å². The van der Waals surface area contributed by atoms with Crippen LogP contribution in [0.4, 0.5) is 21.7 Å². The van der Waals surface area contributed by atoms with Crippen molar-refractivity contribution in [1.29, 1.82) is 0 Å². The van der Waals surface area contributed by atoms with E-state index in [0.717, 1.165) is 24.3 Å². The van der Waals surface area contributed by atoms with E-state index in [0.29, 0.717) is 59.1 Å². The Hall–Kier alpha value is -5.13. The predicted molar refractivity (Wildman–Crippen MR) is 156 cm³/mol. The van der Waals surface area contributed by atoms with Crippen LogP contribution in [0.15, 0.2) is 61.8 Å². The van der Waals surface area contributed by atoms with E-state index in [-0.39, 0.29) is 17.1 Å². The van der Waals surface area contributed by atoms with Gasteiger partial charge in [-0.15, -0.1) is 0 Å². The maximum absolute atomic E-state index is 15.6. The van der Waals surface area contributed by atoms with Gasteiger partial charge in [-0.05, 0) is 50.1 Å². The minimum Gasteiger partial charge on any atom is -0.455 e. The molecule has 5 aromatic rings. The number of amides is 1. The fraction of sp³-hybridized carbons (Fsp3) is 0.267. The van der Waals surface area contributed by atoms with Crippen LogP contribution in [0.1, 0.15) is 18.4 Å². The van der Waals surface area contributed by atoms with E-state index < -0.39 is 5.82 Å². The van der Waals surface area contributed by atoms with Crippen LogP contribution in [0.2, 0.25) is 0 Å². The van der Waals surface area contributed by atoms with Crippen molar-refractivity contribution in [2.45, 2.75) is 25.3 Å². The Kier molecular flexibility index (Phi) is 5.99. The summed E-state index contributed by atoms with van der Waals surface area (Å²) in [5.41, 5.74) is 2.97. The SMILES string of the molecule is C=CC(=O)N1CCN(c2ccc3ncnc(Nc4ccc(Oc5cnc6c(c5)ncn6C)c(C)c4F)c3n2)CC12CC2. The zero-order chi connectivity index (χ0) is 29.0. The van der Waals surface area contributed by atoms with Crippen molar-refractivity contribution in [2.75, 3.05) is 29.9 Å². The number of nitrogens with one attached hydrogen (secondary N) is 1. The van der Waals surface area contributed by atoms with Gasteiger partial charge in [0.25, 0.3) is 0 Å². The van der Waals surface area contributed by atoms with Crippen LogP contribution in [-0.4, -0.2) is 65.5 Å². The number of ether oxygens (including phenoxy) is 1. The molecule has 0 radical (unpaired) electrons. The molecule has 42 heavy (non-hydrogen) atoms. The number of fused-ring (bicyclic) bond motifs is 2. The van der Waals surface area contributed by atoms with E-state index in [2.05, 4.69) is 36.7 Å². The molecule has 1 amide bonds. The molecule has 12 heteroatoms. The summed E-state index contributed by atoms with van der Waals surface area (Å²) >= 11 is 0. The summed E-state index contributed by atoms with van der Waals surface area (Å²) in [6.07, 6.45) is 7.99. The number of carbonyl (C=O) groups excluding carboxylic acids is 1. The molecule has 5 heterocycles. The lowest BCUT2D eigenvalue weighted by atomic mass is 10.1. The number of benzene rings is 1. The second-order valence-electron chi connectivity index (χ2n) is 10.7. The molecule has 2 fully saturated rings. The van der Waals surface area contributed by atoms with Crippen LogP contribution in [0.5, 0.6) is 11.5 Å². The van der Waals surface area contributed by atoms with Crippen molar-refractivity contribution < 1.29 is 13.9 Å². The van der Waals surface area contributed by atoms with E-state index in [1.165, 1.54) is 12.4 Å². The molecular weight excluding hydrogens is 537 g/mol. The number of rotatable bonds is 6. The number of pyridine rings is 2. The van der Waals surface area contributed by atoms with E-state index in [4.69, 9.17) is 9.72 Å². The first kappa shape index (κ1) is 25.8. The van der Waals surface area contributed by atoms with E-state index in [1.54, 1.807) is 37.6 Å². The normalized spacial score (nSPS) is 15.8. The average Bonchev–Trinajstić information content (AvgIpc) is 3.67. The molecule has 7 rings (SSSR count). The third-order valence-corrected chi connectivity index (χ3v) is 8.05. The molecule has 1 aliphatic heterocycles. The minimum absolute atomic E-state index is 0.0295. The van der Waals surface area contributed by atoms with Gasteiger partial charge in [-0.2, -0.15) is 0 Å². The third kappa shape index (κ3) is 4.35. The van der Waals surface area contributed by atoms with Crippen LogP contribution >= 0.6 is 0 Å². The Morgan fingerprint density at radius 2 is 1.98 bits per heavy atom. The zero-order valence-electron chi connectivity index (χ0n) is 23.2. The standard InChI is InChI=1S/C30H28FN9O2/c1-4-25(41)40-12-11-39(15-30(40)9-10-30)24-8-6-21-27(37-24)28(34-16-33-21)36-20-5-7-23(18(2)26(20)31)42-19-13-22-29(32-14-19)38(3)17-35-22/h4-8,13-14,16-17H,1,9-12,15H2,2-3H3,(H,33,34,36). The highest BCUT2D eigenvalue weighted by Crippen LogP contribution is 2.45. The Bertz CT molecular complexity index is 1880. The zero-order valence-corrected chi connectivity index (χ0v) is 23.2. The smallest absolute Gasteiger partial charge is 0.246 e. The van der Waals surface area contributed by atoms with Crippen LogP contribution in [0.3, 0.4) is 0 Å². The molecule has 1 spiro atoms. The predicted octanol–water partition coefficient (Wildman–Crippen LogP) is 4.66. The second-order valence-corrected chi connectivity index (χ2v) is 10.7. The molecule has 0 atom stereocenters. The molecule has 1 aromatic carbocycles. The minimum atomic E-state index is -0.471. The molecule has 1 N–H and O–H groups in total. The number of hydrogen-bond donors (Lipinski definition) is 1. The number of aryl methyl sites for hydroxylation is 1. The number of aromatic nitrogens is 6. The van der Waals surface area contributed by atoms with E-state index in [9.17, 15) is 4.79 Å². The summed E-state index contributed by atoms with van der Waals surface area (Å²) in [6, 6.07) is 8.88. The monoisotopic (exact) mass is 565 g/mol. The lowest BCUT2D eigenvalue weighted by Gasteiger charge is -2.42. The van der Waals surface area contributed by atoms with Gasteiger partial charge in [-0.3, -0.25) is 4.79 Å². The summed E-state index contributed by atoms with van der Waals surface area (Å²) in [5.74, 6) is 1.48. The molecule has 212 valence electrons. The van der Waals surface area contributed by atoms with E-state index >= 15 is 4.39 Å². The number of hydrogen-bond acceptors (Lipinski definition) is 9. The average molecular weight is 566 g/mol. The molecule has 1 saturated heterocycles. The molecule has 1 aliphatic carbocycles. The fourth-order valence-electron chi connectivity index (χ4n) is 5.58. The highest BCUT2D eigenvalue weighted by atomic mass is 19.1. The van der Waals surface area contributed by atoms with Crippen molar-refractivity contribution in [3.05, 3.63) is 73.2 Å². The molecule has 4 aromatic heterocycles. The Morgan fingerprint density at radius 3 is 2.79 bits per heavy atom. The van der Waals surface area contributed by atoms with Crippen molar-refractivity contribution in [2.24, 2.45) is 7.05 Å². The highest BCUT2D eigenvalue weighted by molar-refractivity contribution is 5.89. The van der Waals surface area contributed by atoms with Crippen LogP contribution in [0.25, 0.3) is 22.2 Å². The first-order valence-electron chi connectivity index (χ1n) is 13.7. The number of piperazine rings is 1. The first-order valence-corrected chi connectivity index (χ1v) is 13.7. The summed E-state index contributed by atoms with van der Waals surface area (Å²) in [5, 5.41) is 3.11. The summed E-state index contributed by atoms with van der Waals surface area (Å²) < 4.78 is 23.4. The van der Waals surface area contributed by atoms with Gasteiger partial charge in [-0.1, -0.05) is 6.58 Å². The largest absolute Gasteiger partial charge is 0.455 e. The topological polar surface area (TPSA) is 114 Å². The number of halogens is 1. The third-order valence-electron chi connectivity index (χ3n) is 8.05. The van der Waals surface area contributed by atoms with Gasteiger partial charge in [0.05, 0.1) is 29.3 Å². The first-order chi connectivity index (χ1) is 20.3. The number of anilines is 3. The van der Waals surface area contributed by atoms with Crippen molar-refractivity contribution in [3.8, 4) is 11.5 Å². The molecule has 2 aliphatic rings. The van der Waals surface area contributed by atoms with Gasteiger partial charge >= 0.3 is 0 Å². The molecular formula is C30H28FN9O2. The second kappa shape index (κ2) is 9.75. The lowest BCUT2D eigenvalue weighted by molar-refractivity contribution is -0.129. The van der Waals surface area contributed by atoms with Crippen molar-refractivity contribution in [1.82, 2.24) is 34.4 Å². The molecule has 0 unspecified atom stereocenters. The molecule has 0 bridgehead atoms. The quantitative estimate of drug-likeness (QED) is 0.294. The van der Waals surface area contributed by atoms with Gasteiger partial charge in [0.1, 0.15) is 34.7 Å². The Labute approximate surface area is 240 Å². The summed E-state index contributed by atoms with van der Waals surface area (Å²) in [4.78, 5) is 38.8. The van der Waals surface area contributed by atoms with Gasteiger partial charge in [0.2, 0.25) is 5.91 Å². The van der Waals surface area contributed by atoms with Crippen LogP contribution < -0.4 is 15.0 Å². The maximum atomic E-state index is 15.6. The lowest BCUT2D eigenvalue weighted by Crippen LogP contribution is -2.57. The van der Waals surface area contributed by atoms with E-state index in [1.807, 2.05) is 28.6 Å². The fourth-order valence-corrected chi connectivity index (χ4v) is 5.58. The summed E-state index contributed by atoms with van der Waals surface area (Å²) in [7, 11) is 1.86. The van der Waals surface area contributed by atoms with Gasteiger partial charge in [0.15, 0.2) is 17.3 Å². The van der Waals surface area contributed by atoms with Gasteiger partial charge < -0.3 is 24.4 Å². The highest BCUT2D eigenvalue weighted by Gasteiger charge is 2.52. The number of imidazole rings is 1.